The second-order valence-electron chi connectivity index (χ2n) is 8.01. The minimum absolute atomic E-state index is 0.0692. The van der Waals surface area contributed by atoms with Gasteiger partial charge in [-0.1, -0.05) is 0 Å². The SMILES string of the molecule is C[C@@H]1C[C@H](Cn2ccc3nc(-c4cnn(C5CCCCO5)c4)ccc32)CN1. The molecule has 0 aromatic carbocycles. The van der Waals surface area contributed by atoms with Crippen LogP contribution >= 0.6 is 0 Å². The second kappa shape index (κ2) is 7.09. The van der Waals surface area contributed by atoms with E-state index in [0.29, 0.717) is 12.0 Å². The van der Waals surface area contributed by atoms with Crippen LogP contribution in [0.25, 0.3) is 22.3 Å². The minimum Gasteiger partial charge on any atom is -0.357 e. The van der Waals surface area contributed by atoms with Crippen molar-refractivity contribution in [1.29, 1.82) is 0 Å². The molecule has 0 amide bonds. The Kier molecular flexibility index (Phi) is 4.45. The molecule has 6 heteroatoms. The van der Waals surface area contributed by atoms with Crippen LogP contribution in [-0.2, 0) is 11.3 Å². The summed E-state index contributed by atoms with van der Waals surface area (Å²) in [4.78, 5) is 4.88. The van der Waals surface area contributed by atoms with E-state index >= 15 is 0 Å². The zero-order valence-corrected chi connectivity index (χ0v) is 15.8. The maximum absolute atomic E-state index is 5.83. The van der Waals surface area contributed by atoms with Gasteiger partial charge in [-0.15, -0.1) is 0 Å². The van der Waals surface area contributed by atoms with E-state index in [1.165, 1.54) is 18.4 Å². The molecular weight excluding hydrogens is 338 g/mol. The van der Waals surface area contributed by atoms with E-state index in [9.17, 15) is 0 Å². The highest BCUT2D eigenvalue weighted by atomic mass is 16.5. The quantitative estimate of drug-likeness (QED) is 0.768. The van der Waals surface area contributed by atoms with Gasteiger partial charge in [0.05, 0.1) is 22.9 Å². The van der Waals surface area contributed by atoms with Crippen LogP contribution in [0.2, 0.25) is 0 Å². The summed E-state index contributed by atoms with van der Waals surface area (Å²) < 4.78 is 10.1. The highest BCUT2D eigenvalue weighted by Crippen LogP contribution is 2.26. The second-order valence-corrected chi connectivity index (χ2v) is 8.01. The Bertz CT molecular complexity index is 924. The van der Waals surface area contributed by atoms with Crippen LogP contribution in [0.3, 0.4) is 0 Å². The maximum Gasteiger partial charge on any atom is 0.150 e. The molecule has 3 aromatic heterocycles. The van der Waals surface area contributed by atoms with Gasteiger partial charge in [-0.25, -0.2) is 9.67 Å². The summed E-state index contributed by atoms with van der Waals surface area (Å²) in [5, 5.41) is 8.06. The van der Waals surface area contributed by atoms with Crippen molar-refractivity contribution in [1.82, 2.24) is 24.6 Å². The summed E-state index contributed by atoms with van der Waals surface area (Å²) in [6, 6.07) is 7.06. The van der Waals surface area contributed by atoms with E-state index in [1.807, 2.05) is 10.9 Å². The van der Waals surface area contributed by atoms with Gasteiger partial charge >= 0.3 is 0 Å². The summed E-state index contributed by atoms with van der Waals surface area (Å²) in [7, 11) is 0. The third kappa shape index (κ3) is 3.39. The molecule has 0 spiro atoms. The number of fused-ring (bicyclic) bond motifs is 1. The molecule has 1 N–H and O–H groups in total. The molecule has 142 valence electrons. The van der Waals surface area contributed by atoms with Crippen molar-refractivity contribution in [2.24, 2.45) is 5.92 Å². The molecule has 3 aromatic rings. The van der Waals surface area contributed by atoms with Crippen molar-refractivity contribution in [2.75, 3.05) is 13.2 Å². The molecule has 6 nitrogen and oxygen atoms in total. The third-order valence-corrected chi connectivity index (χ3v) is 5.87. The van der Waals surface area contributed by atoms with Gasteiger partial charge in [0, 0.05) is 37.2 Å². The number of aromatic nitrogens is 4. The number of hydrogen-bond donors (Lipinski definition) is 1. The van der Waals surface area contributed by atoms with Crippen molar-refractivity contribution < 1.29 is 4.74 Å². The molecular formula is C21H27N5O. The normalized spacial score (nSPS) is 26.0. The fraction of sp³-hybridized carbons (Fsp3) is 0.524. The van der Waals surface area contributed by atoms with Gasteiger partial charge in [0.2, 0.25) is 0 Å². The minimum atomic E-state index is 0.0692. The first-order valence-electron chi connectivity index (χ1n) is 10.1. The van der Waals surface area contributed by atoms with Crippen molar-refractivity contribution >= 4 is 11.0 Å². The summed E-state index contributed by atoms with van der Waals surface area (Å²) >= 11 is 0. The van der Waals surface area contributed by atoms with E-state index in [2.05, 4.69) is 52.5 Å². The highest BCUT2D eigenvalue weighted by molar-refractivity contribution is 5.79. The maximum atomic E-state index is 5.83. The molecule has 2 fully saturated rings. The van der Waals surface area contributed by atoms with Gasteiger partial charge in [-0.05, 0) is 63.3 Å². The van der Waals surface area contributed by atoms with Crippen LogP contribution in [0.5, 0.6) is 0 Å². The van der Waals surface area contributed by atoms with Gasteiger partial charge in [0.1, 0.15) is 6.23 Å². The zero-order chi connectivity index (χ0) is 18.2. The molecule has 0 saturated carbocycles. The van der Waals surface area contributed by atoms with Gasteiger partial charge < -0.3 is 14.6 Å². The third-order valence-electron chi connectivity index (χ3n) is 5.87. The molecule has 3 atom stereocenters. The summed E-state index contributed by atoms with van der Waals surface area (Å²) in [6.45, 7) is 5.25. The molecule has 0 aliphatic carbocycles. The zero-order valence-electron chi connectivity index (χ0n) is 15.8. The van der Waals surface area contributed by atoms with Crippen LogP contribution in [-0.4, -0.2) is 38.5 Å². The lowest BCUT2D eigenvalue weighted by atomic mass is 10.1. The smallest absolute Gasteiger partial charge is 0.150 e. The van der Waals surface area contributed by atoms with Crippen LogP contribution in [0.1, 0.15) is 38.8 Å². The van der Waals surface area contributed by atoms with Gasteiger partial charge in [0.25, 0.3) is 0 Å². The first-order chi connectivity index (χ1) is 13.3. The first-order valence-corrected chi connectivity index (χ1v) is 10.1. The van der Waals surface area contributed by atoms with E-state index < -0.39 is 0 Å². The molecule has 5 heterocycles. The number of rotatable bonds is 4. The number of ether oxygens (including phenoxy) is 1. The van der Waals surface area contributed by atoms with Crippen molar-refractivity contribution in [2.45, 2.75) is 51.4 Å². The Labute approximate surface area is 159 Å². The number of nitrogens with one attached hydrogen (secondary N) is 1. The van der Waals surface area contributed by atoms with E-state index in [4.69, 9.17) is 9.72 Å². The summed E-state index contributed by atoms with van der Waals surface area (Å²) in [5.74, 6) is 0.698. The Hall–Kier alpha value is -2.18. The first kappa shape index (κ1) is 17.0. The fourth-order valence-electron chi connectivity index (χ4n) is 4.41. The van der Waals surface area contributed by atoms with Crippen LogP contribution < -0.4 is 5.32 Å². The lowest BCUT2D eigenvalue weighted by Gasteiger charge is -2.22. The molecule has 5 rings (SSSR count). The van der Waals surface area contributed by atoms with E-state index in [-0.39, 0.29) is 6.23 Å². The predicted molar refractivity (Wildman–Crippen MR) is 105 cm³/mol. The molecule has 1 unspecified atom stereocenters. The molecule has 0 radical (unpaired) electrons. The molecule has 27 heavy (non-hydrogen) atoms. The van der Waals surface area contributed by atoms with Crippen LogP contribution in [0.15, 0.2) is 36.8 Å². The summed E-state index contributed by atoms with van der Waals surface area (Å²) in [5.41, 5.74) is 4.28. The van der Waals surface area contributed by atoms with E-state index in [0.717, 1.165) is 49.3 Å². The highest BCUT2D eigenvalue weighted by Gasteiger charge is 2.21. The molecule has 2 aliphatic heterocycles. The van der Waals surface area contributed by atoms with Gasteiger partial charge in [-0.3, -0.25) is 0 Å². The van der Waals surface area contributed by atoms with Crippen molar-refractivity contribution in [3.8, 4) is 11.3 Å². The standard InChI is InChI=1S/C21H27N5O/c1-15-10-16(11-22-15)13-25-8-7-19-20(25)6-5-18(24-19)17-12-23-26(14-17)21-4-2-3-9-27-21/h5-8,12,14-16,21-22H,2-4,9-11,13H2,1H3/t15-,16+,21?/m1/s1. The largest absolute Gasteiger partial charge is 0.357 e. The topological polar surface area (TPSA) is 56.9 Å². The van der Waals surface area contributed by atoms with Crippen molar-refractivity contribution in [3.05, 3.63) is 36.8 Å². The average Bonchev–Trinajstić information content (AvgIpc) is 3.43. The molecule has 2 aliphatic rings. The number of hydrogen-bond acceptors (Lipinski definition) is 4. The van der Waals surface area contributed by atoms with Gasteiger partial charge in [0.15, 0.2) is 0 Å². The number of nitrogens with zero attached hydrogens (tertiary/aromatic N) is 4. The molecule has 0 bridgehead atoms. The lowest BCUT2D eigenvalue weighted by molar-refractivity contribution is -0.0394. The predicted octanol–water partition coefficient (Wildman–Crippen LogP) is 3.60. The van der Waals surface area contributed by atoms with Crippen LogP contribution in [0, 0.1) is 5.92 Å². The lowest BCUT2D eigenvalue weighted by Crippen LogP contribution is -2.18. The fourth-order valence-corrected chi connectivity index (χ4v) is 4.41. The summed E-state index contributed by atoms with van der Waals surface area (Å²) in [6.07, 6.45) is 10.8. The van der Waals surface area contributed by atoms with Gasteiger partial charge in [-0.2, -0.15) is 5.10 Å². The Morgan fingerprint density at radius 1 is 1.26 bits per heavy atom. The Balaban J connectivity index is 1.36. The molecule has 2 saturated heterocycles. The Morgan fingerprint density at radius 2 is 2.22 bits per heavy atom. The van der Waals surface area contributed by atoms with E-state index in [1.54, 1.807) is 0 Å². The Morgan fingerprint density at radius 3 is 3.04 bits per heavy atom. The average molecular weight is 365 g/mol. The van der Waals surface area contributed by atoms with Crippen molar-refractivity contribution in [3.63, 3.8) is 0 Å². The monoisotopic (exact) mass is 365 g/mol. The number of pyridine rings is 1. The van der Waals surface area contributed by atoms with Crippen LogP contribution in [0.4, 0.5) is 0 Å².